The van der Waals surface area contributed by atoms with Gasteiger partial charge in [0.25, 0.3) is 0 Å². The first-order chi connectivity index (χ1) is 7.24. The van der Waals surface area contributed by atoms with Gasteiger partial charge in [-0.25, -0.2) is 0 Å². The lowest BCUT2D eigenvalue weighted by Gasteiger charge is -2.46. The summed E-state index contributed by atoms with van der Waals surface area (Å²) in [5.74, 6) is 0. The predicted octanol–water partition coefficient (Wildman–Crippen LogP) is 2.10. The van der Waals surface area contributed by atoms with Gasteiger partial charge in [-0.2, -0.15) is 0 Å². The third-order valence-corrected chi connectivity index (χ3v) is 3.10. The van der Waals surface area contributed by atoms with E-state index in [4.69, 9.17) is 5.73 Å². The fourth-order valence-corrected chi connectivity index (χ4v) is 2.77. The molecule has 1 fully saturated rings. The van der Waals surface area contributed by atoms with Gasteiger partial charge >= 0.3 is 0 Å². The summed E-state index contributed by atoms with van der Waals surface area (Å²) < 4.78 is 0. The molecule has 0 aromatic carbocycles. The summed E-state index contributed by atoms with van der Waals surface area (Å²) >= 11 is 0. The van der Waals surface area contributed by atoms with Crippen molar-refractivity contribution in [2.75, 3.05) is 0 Å². The Morgan fingerprint density at radius 3 is 2.25 bits per heavy atom. The van der Waals surface area contributed by atoms with E-state index in [9.17, 15) is 0 Å². The van der Waals surface area contributed by atoms with Crippen LogP contribution in [0.3, 0.4) is 0 Å². The number of piperidine rings is 1. The van der Waals surface area contributed by atoms with E-state index < -0.39 is 0 Å². The van der Waals surface area contributed by atoms with Crippen LogP contribution in [0.4, 0.5) is 0 Å². The van der Waals surface area contributed by atoms with Crippen molar-refractivity contribution in [3.63, 3.8) is 0 Å². The molecule has 0 aromatic heterocycles. The van der Waals surface area contributed by atoms with Gasteiger partial charge in [-0.15, -0.1) is 0 Å². The SMILES string of the molecule is CC/C(N)=C/NC1CC(C)(C)NC(C)(C)C1. The molecule has 0 spiro atoms. The van der Waals surface area contributed by atoms with Crippen LogP contribution >= 0.6 is 0 Å². The first kappa shape index (κ1) is 13.4. The maximum Gasteiger partial charge on any atom is 0.0291 e. The molecule has 3 heteroatoms. The average Bonchev–Trinajstić information content (AvgIpc) is 2.09. The molecule has 0 aromatic rings. The second kappa shape index (κ2) is 4.66. The maximum absolute atomic E-state index is 5.81. The van der Waals surface area contributed by atoms with E-state index in [1.807, 2.05) is 6.20 Å². The van der Waals surface area contributed by atoms with E-state index >= 15 is 0 Å². The third kappa shape index (κ3) is 4.05. The van der Waals surface area contributed by atoms with E-state index in [1.54, 1.807) is 0 Å². The smallest absolute Gasteiger partial charge is 0.0291 e. The van der Waals surface area contributed by atoms with Crippen LogP contribution in [0.1, 0.15) is 53.9 Å². The summed E-state index contributed by atoms with van der Waals surface area (Å²) in [4.78, 5) is 0. The van der Waals surface area contributed by atoms with E-state index in [0.717, 1.165) is 25.0 Å². The highest BCUT2D eigenvalue weighted by Crippen LogP contribution is 2.28. The highest BCUT2D eigenvalue weighted by atomic mass is 15.1. The second-order valence-corrected chi connectivity index (χ2v) is 6.24. The lowest BCUT2D eigenvalue weighted by Crippen LogP contribution is -2.61. The van der Waals surface area contributed by atoms with E-state index in [0.29, 0.717) is 6.04 Å². The standard InChI is InChI=1S/C13H27N3/c1-6-10(14)9-15-11-7-12(2,3)16-13(4,5)8-11/h9,11,15-16H,6-8,14H2,1-5H3/b10-9-. The molecule has 1 aliphatic heterocycles. The molecule has 0 radical (unpaired) electrons. The highest BCUT2D eigenvalue weighted by Gasteiger charge is 2.37. The molecule has 4 N–H and O–H groups in total. The zero-order chi connectivity index (χ0) is 12.4. The number of nitrogens with one attached hydrogen (secondary N) is 2. The van der Waals surface area contributed by atoms with Crippen LogP contribution in [-0.4, -0.2) is 17.1 Å². The van der Waals surface area contributed by atoms with Gasteiger partial charge < -0.3 is 16.4 Å². The summed E-state index contributed by atoms with van der Waals surface area (Å²) in [5.41, 5.74) is 7.11. The molecule has 3 nitrogen and oxygen atoms in total. The molecule has 1 aliphatic rings. The molecule has 0 saturated carbocycles. The Morgan fingerprint density at radius 2 is 1.81 bits per heavy atom. The number of nitrogens with two attached hydrogens (primary N) is 1. The van der Waals surface area contributed by atoms with Crippen LogP contribution in [0, 0.1) is 0 Å². The molecule has 1 heterocycles. The minimum absolute atomic E-state index is 0.189. The zero-order valence-electron chi connectivity index (χ0n) is 11.4. The largest absolute Gasteiger partial charge is 0.401 e. The Balaban J connectivity index is 2.61. The quantitative estimate of drug-likeness (QED) is 0.689. The van der Waals surface area contributed by atoms with Gasteiger partial charge in [-0.1, -0.05) is 6.92 Å². The predicted molar refractivity (Wildman–Crippen MR) is 70.0 cm³/mol. The van der Waals surface area contributed by atoms with Gasteiger partial charge in [-0.05, 0) is 47.0 Å². The van der Waals surface area contributed by atoms with Gasteiger partial charge in [0.2, 0.25) is 0 Å². The Morgan fingerprint density at radius 1 is 1.31 bits per heavy atom. The molecular formula is C13H27N3. The van der Waals surface area contributed by atoms with Crippen LogP contribution < -0.4 is 16.4 Å². The molecule has 0 atom stereocenters. The van der Waals surface area contributed by atoms with Crippen molar-refractivity contribution in [1.82, 2.24) is 10.6 Å². The summed E-state index contributed by atoms with van der Waals surface area (Å²) in [6.07, 6.45) is 5.14. The lowest BCUT2D eigenvalue weighted by molar-refractivity contribution is 0.153. The molecule has 1 rings (SSSR count). The normalized spacial score (nSPS) is 25.4. The molecule has 16 heavy (non-hydrogen) atoms. The van der Waals surface area contributed by atoms with E-state index in [1.165, 1.54) is 0 Å². The minimum Gasteiger partial charge on any atom is -0.401 e. The summed E-state index contributed by atoms with van der Waals surface area (Å²) in [7, 11) is 0. The topological polar surface area (TPSA) is 50.1 Å². The van der Waals surface area contributed by atoms with E-state index in [2.05, 4.69) is 45.3 Å². The fourth-order valence-electron chi connectivity index (χ4n) is 2.77. The molecule has 1 saturated heterocycles. The maximum atomic E-state index is 5.81. The van der Waals surface area contributed by atoms with Crippen molar-refractivity contribution >= 4 is 0 Å². The molecule has 0 aliphatic carbocycles. The summed E-state index contributed by atoms with van der Waals surface area (Å²) in [6.45, 7) is 11.1. The van der Waals surface area contributed by atoms with Crippen molar-refractivity contribution in [1.29, 1.82) is 0 Å². The van der Waals surface area contributed by atoms with Crippen LogP contribution in [0.15, 0.2) is 11.9 Å². The fraction of sp³-hybridized carbons (Fsp3) is 0.846. The molecule has 0 bridgehead atoms. The number of rotatable bonds is 3. The Kier molecular flexibility index (Phi) is 3.89. The van der Waals surface area contributed by atoms with Crippen molar-refractivity contribution in [2.24, 2.45) is 5.73 Å². The number of allylic oxidation sites excluding steroid dienone is 1. The van der Waals surface area contributed by atoms with Crippen LogP contribution in [0.5, 0.6) is 0 Å². The van der Waals surface area contributed by atoms with Crippen LogP contribution in [0.25, 0.3) is 0 Å². The first-order valence-electron chi connectivity index (χ1n) is 6.24. The lowest BCUT2D eigenvalue weighted by atomic mass is 9.80. The molecular weight excluding hydrogens is 198 g/mol. The van der Waals surface area contributed by atoms with Gasteiger partial charge in [0.05, 0.1) is 0 Å². The van der Waals surface area contributed by atoms with Crippen LogP contribution in [0.2, 0.25) is 0 Å². The number of hydrogen-bond acceptors (Lipinski definition) is 3. The van der Waals surface area contributed by atoms with E-state index in [-0.39, 0.29) is 11.1 Å². The monoisotopic (exact) mass is 225 g/mol. The van der Waals surface area contributed by atoms with Crippen LogP contribution in [-0.2, 0) is 0 Å². The first-order valence-corrected chi connectivity index (χ1v) is 6.24. The van der Waals surface area contributed by atoms with Crippen molar-refractivity contribution in [2.45, 2.75) is 71.0 Å². The highest BCUT2D eigenvalue weighted by molar-refractivity contribution is 5.02. The van der Waals surface area contributed by atoms with Gasteiger partial charge in [0, 0.05) is 29.0 Å². The number of hydrogen-bond donors (Lipinski definition) is 3. The minimum atomic E-state index is 0.189. The molecule has 94 valence electrons. The Labute approximate surface area is 99.9 Å². The Hall–Kier alpha value is -0.700. The third-order valence-electron chi connectivity index (χ3n) is 3.10. The average molecular weight is 225 g/mol. The molecule has 0 unspecified atom stereocenters. The summed E-state index contributed by atoms with van der Waals surface area (Å²) in [5, 5.41) is 7.13. The van der Waals surface area contributed by atoms with Gasteiger partial charge in [0.15, 0.2) is 0 Å². The van der Waals surface area contributed by atoms with Gasteiger partial charge in [0.1, 0.15) is 0 Å². The zero-order valence-corrected chi connectivity index (χ0v) is 11.4. The summed E-state index contributed by atoms with van der Waals surface area (Å²) in [6, 6.07) is 0.511. The second-order valence-electron chi connectivity index (χ2n) is 6.24. The van der Waals surface area contributed by atoms with Crippen molar-refractivity contribution in [3.05, 3.63) is 11.9 Å². The van der Waals surface area contributed by atoms with Gasteiger partial charge in [-0.3, -0.25) is 0 Å². The molecule has 0 amide bonds. The Bertz CT molecular complexity index is 250. The van der Waals surface area contributed by atoms with Crippen molar-refractivity contribution < 1.29 is 0 Å². The van der Waals surface area contributed by atoms with Crippen molar-refractivity contribution in [3.8, 4) is 0 Å².